The quantitative estimate of drug-likeness (QED) is 0.867. The number of rotatable bonds is 4. The molecule has 0 amide bonds. The average Bonchev–Trinajstić information content (AvgIpc) is 2.37. The van der Waals surface area contributed by atoms with Crippen molar-refractivity contribution in [3.05, 3.63) is 59.7 Å². The summed E-state index contributed by atoms with van der Waals surface area (Å²) in [5.41, 5.74) is 0.896. The Kier molecular flexibility index (Phi) is 3.48. The molecule has 0 radical (unpaired) electrons. The third-order valence-corrected chi connectivity index (χ3v) is 2.42. The van der Waals surface area contributed by atoms with Crippen LogP contribution in [0.5, 0.6) is 11.5 Å². The maximum absolute atomic E-state index is 11.0. The molecule has 0 aliphatic carbocycles. The van der Waals surface area contributed by atoms with Crippen LogP contribution in [0.3, 0.4) is 0 Å². The highest BCUT2D eigenvalue weighted by Crippen LogP contribution is 2.20. The zero-order chi connectivity index (χ0) is 13.0. The van der Waals surface area contributed by atoms with E-state index in [0.29, 0.717) is 5.75 Å². The first-order chi connectivity index (χ1) is 8.66. The molecular formula is C14H12O4. The van der Waals surface area contributed by atoms with E-state index >= 15 is 0 Å². The maximum atomic E-state index is 11.0. The van der Waals surface area contributed by atoms with Crippen LogP contribution in [0.4, 0.5) is 0 Å². The highest BCUT2D eigenvalue weighted by atomic mass is 16.5. The number of phenolic OH excluding ortho intramolecular Hbond substituents is 1. The van der Waals surface area contributed by atoms with Gasteiger partial charge in [0.05, 0.1) is 0 Å². The van der Waals surface area contributed by atoms with Crippen molar-refractivity contribution in [2.24, 2.45) is 0 Å². The number of carboxylic acids is 1. The van der Waals surface area contributed by atoms with Crippen LogP contribution in [-0.2, 0) is 6.61 Å². The molecule has 0 saturated heterocycles. The highest BCUT2D eigenvalue weighted by Gasteiger charge is 2.09. The summed E-state index contributed by atoms with van der Waals surface area (Å²) in [5.74, 6) is -0.558. The van der Waals surface area contributed by atoms with Crippen molar-refractivity contribution < 1.29 is 19.7 Å². The van der Waals surface area contributed by atoms with Gasteiger partial charge in [0.1, 0.15) is 23.7 Å². The summed E-state index contributed by atoms with van der Waals surface area (Å²) in [7, 11) is 0. The van der Waals surface area contributed by atoms with Gasteiger partial charge in [-0.15, -0.1) is 0 Å². The molecule has 0 fully saturated rings. The molecule has 0 aromatic heterocycles. The van der Waals surface area contributed by atoms with Gasteiger partial charge >= 0.3 is 5.97 Å². The molecule has 2 aromatic carbocycles. The highest BCUT2D eigenvalue weighted by molar-refractivity contribution is 5.90. The molecule has 0 aliphatic rings. The van der Waals surface area contributed by atoms with Crippen molar-refractivity contribution in [2.45, 2.75) is 6.61 Å². The topological polar surface area (TPSA) is 66.8 Å². The lowest BCUT2D eigenvalue weighted by molar-refractivity contribution is 0.0691. The minimum Gasteiger partial charge on any atom is -0.508 e. The summed E-state index contributed by atoms with van der Waals surface area (Å²) in [6.45, 7) is 0.207. The molecule has 0 unspecified atom stereocenters. The number of phenols is 1. The Bertz CT molecular complexity index is 563. The predicted molar refractivity (Wildman–Crippen MR) is 65.8 cm³/mol. The van der Waals surface area contributed by atoms with Gasteiger partial charge in [0.25, 0.3) is 0 Å². The van der Waals surface area contributed by atoms with E-state index in [9.17, 15) is 9.90 Å². The van der Waals surface area contributed by atoms with Crippen LogP contribution in [-0.4, -0.2) is 16.2 Å². The fourth-order valence-corrected chi connectivity index (χ4v) is 1.58. The Labute approximate surface area is 104 Å². The van der Waals surface area contributed by atoms with Gasteiger partial charge in [-0.25, -0.2) is 4.79 Å². The number of aromatic hydroxyl groups is 1. The zero-order valence-corrected chi connectivity index (χ0v) is 9.54. The van der Waals surface area contributed by atoms with Crippen molar-refractivity contribution in [3.8, 4) is 11.5 Å². The summed E-state index contributed by atoms with van der Waals surface area (Å²) in [4.78, 5) is 11.0. The molecule has 0 spiro atoms. The van der Waals surface area contributed by atoms with Gasteiger partial charge in [-0.1, -0.05) is 24.3 Å². The minimum absolute atomic E-state index is 0.123. The first-order valence-corrected chi connectivity index (χ1v) is 5.40. The molecule has 0 bridgehead atoms. The lowest BCUT2D eigenvalue weighted by Gasteiger charge is -2.09. The Morgan fingerprint density at radius 1 is 1.11 bits per heavy atom. The van der Waals surface area contributed by atoms with E-state index < -0.39 is 5.97 Å². The molecule has 2 rings (SSSR count). The van der Waals surface area contributed by atoms with Crippen LogP contribution in [0.2, 0.25) is 0 Å². The third-order valence-electron chi connectivity index (χ3n) is 2.42. The first-order valence-electron chi connectivity index (χ1n) is 5.40. The van der Waals surface area contributed by atoms with Crippen molar-refractivity contribution >= 4 is 5.97 Å². The van der Waals surface area contributed by atoms with Crippen molar-refractivity contribution in [2.75, 3.05) is 0 Å². The van der Waals surface area contributed by atoms with Crippen LogP contribution in [0.1, 0.15) is 15.9 Å². The van der Waals surface area contributed by atoms with E-state index in [1.54, 1.807) is 42.5 Å². The van der Waals surface area contributed by atoms with E-state index in [-0.39, 0.29) is 17.9 Å². The number of hydrogen-bond donors (Lipinski definition) is 2. The largest absolute Gasteiger partial charge is 0.508 e. The Hall–Kier alpha value is -2.49. The second kappa shape index (κ2) is 5.23. The number of carboxylic acid groups (broad SMARTS) is 1. The number of aromatic carboxylic acids is 1. The predicted octanol–water partition coefficient (Wildman–Crippen LogP) is 2.67. The molecular weight excluding hydrogens is 232 g/mol. The molecule has 4 heteroatoms. The van der Waals surface area contributed by atoms with E-state index in [4.69, 9.17) is 9.84 Å². The lowest BCUT2D eigenvalue weighted by atomic mass is 10.2. The SMILES string of the molecule is O=C(O)c1ccccc1OCc1cccc(O)c1. The van der Waals surface area contributed by atoms with Crippen molar-refractivity contribution in [3.63, 3.8) is 0 Å². The van der Waals surface area contributed by atoms with E-state index in [1.807, 2.05) is 0 Å². The normalized spacial score (nSPS) is 10.0. The van der Waals surface area contributed by atoms with Crippen molar-refractivity contribution in [1.29, 1.82) is 0 Å². The molecule has 0 aliphatic heterocycles. The fraction of sp³-hybridized carbons (Fsp3) is 0.0714. The van der Waals surface area contributed by atoms with E-state index in [0.717, 1.165) is 5.56 Å². The Balaban J connectivity index is 2.13. The standard InChI is InChI=1S/C14H12O4/c15-11-5-3-4-10(8-11)9-18-13-7-2-1-6-12(13)14(16)17/h1-8,15H,9H2,(H,16,17). The molecule has 18 heavy (non-hydrogen) atoms. The van der Waals surface area contributed by atoms with E-state index in [2.05, 4.69) is 0 Å². The number of hydrogen-bond acceptors (Lipinski definition) is 3. The molecule has 2 N–H and O–H groups in total. The molecule has 0 atom stereocenters. The van der Waals surface area contributed by atoms with Crippen LogP contribution < -0.4 is 4.74 Å². The molecule has 4 nitrogen and oxygen atoms in total. The summed E-state index contributed by atoms with van der Waals surface area (Å²) in [6.07, 6.45) is 0. The van der Waals surface area contributed by atoms with E-state index in [1.165, 1.54) is 6.07 Å². The number of benzene rings is 2. The lowest BCUT2D eigenvalue weighted by Crippen LogP contribution is -2.03. The van der Waals surface area contributed by atoms with Gasteiger partial charge in [-0.05, 0) is 29.8 Å². The summed E-state index contributed by atoms with van der Waals surface area (Å²) in [5, 5.41) is 18.3. The number of para-hydroxylation sites is 1. The van der Waals surface area contributed by atoms with Gasteiger partial charge in [0.15, 0.2) is 0 Å². The van der Waals surface area contributed by atoms with Gasteiger partial charge < -0.3 is 14.9 Å². The maximum Gasteiger partial charge on any atom is 0.339 e. The minimum atomic E-state index is -1.03. The Morgan fingerprint density at radius 3 is 2.61 bits per heavy atom. The van der Waals surface area contributed by atoms with Crippen LogP contribution in [0.15, 0.2) is 48.5 Å². The van der Waals surface area contributed by atoms with Gasteiger partial charge in [0, 0.05) is 0 Å². The average molecular weight is 244 g/mol. The third kappa shape index (κ3) is 2.79. The monoisotopic (exact) mass is 244 g/mol. The van der Waals surface area contributed by atoms with Crippen LogP contribution in [0.25, 0.3) is 0 Å². The summed E-state index contributed by atoms with van der Waals surface area (Å²) < 4.78 is 5.45. The molecule has 92 valence electrons. The number of carbonyl (C=O) groups is 1. The summed E-state index contributed by atoms with van der Waals surface area (Å²) in [6, 6.07) is 13.1. The second-order valence-corrected chi connectivity index (χ2v) is 3.76. The van der Waals surface area contributed by atoms with Crippen molar-refractivity contribution in [1.82, 2.24) is 0 Å². The number of ether oxygens (including phenoxy) is 1. The molecule has 0 saturated carbocycles. The van der Waals surface area contributed by atoms with Gasteiger partial charge in [-0.2, -0.15) is 0 Å². The summed E-state index contributed by atoms with van der Waals surface area (Å²) >= 11 is 0. The first kappa shape index (κ1) is 12.0. The van der Waals surface area contributed by atoms with Crippen LogP contribution >= 0.6 is 0 Å². The van der Waals surface area contributed by atoms with Gasteiger partial charge in [-0.3, -0.25) is 0 Å². The Morgan fingerprint density at radius 2 is 1.89 bits per heavy atom. The molecule has 0 heterocycles. The molecule has 2 aromatic rings. The van der Waals surface area contributed by atoms with Gasteiger partial charge in [0.2, 0.25) is 0 Å². The fourth-order valence-electron chi connectivity index (χ4n) is 1.58. The van der Waals surface area contributed by atoms with Crippen LogP contribution in [0, 0.1) is 0 Å². The zero-order valence-electron chi connectivity index (χ0n) is 9.54. The second-order valence-electron chi connectivity index (χ2n) is 3.76. The smallest absolute Gasteiger partial charge is 0.339 e.